The Labute approximate surface area is 261 Å². The van der Waals surface area contributed by atoms with E-state index in [2.05, 4.69) is 170 Å². The Morgan fingerprint density at radius 2 is 0.822 bits per heavy atom. The van der Waals surface area contributed by atoms with E-state index in [1.807, 2.05) is 0 Å². The molecule has 9 aromatic rings. The van der Waals surface area contributed by atoms with Crippen LogP contribution < -0.4 is 0 Å². The number of hydrogen-bond acceptors (Lipinski definition) is 1. The molecule has 0 bridgehead atoms. The third-order valence-electron chi connectivity index (χ3n) is 9.06. The van der Waals surface area contributed by atoms with Crippen molar-refractivity contribution in [1.82, 2.24) is 0 Å². The smallest absolute Gasteiger partial charge is 0.136 e. The van der Waals surface area contributed by atoms with Crippen LogP contribution in [0.15, 0.2) is 174 Å². The van der Waals surface area contributed by atoms with Gasteiger partial charge in [0, 0.05) is 10.8 Å². The van der Waals surface area contributed by atoms with Gasteiger partial charge in [-0.1, -0.05) is 146 Å². The topological polar surface area (TPSA) is 13.1 Å². The van der Waals surface area contributed by atoms with Crippen LogP contribution >= 0.6 is 0 Å². The van der Waals surface area contributed by atoms with Crippen LogP contribution in [0.1, 0.15) is 0 Å². The standard InChI is InChI=1S/C44H28O/c1-3-13-29(14-4-1)31-25-26-40-39(28-31)44-34(23-12-24-41(44)45-40)32-17-11-18-33(27-32)43-37-21-9-7-19-35(37)42(30-15-5-2-6-16-30)36-20-8-10-22-38(36)43/h1-28H. The predicted octanol–water partition coefficient (Wildman–Crippen LogP) is 12.6. The molecule has 0 spiro atoms. The third-order valence-corrected chi connectivity index (χ3v) is 9.06. The molecule has 1 nitrogen and oxygen atoms in total. The Morgan fingerprint density at radius 3 is 1.49 bits per heavy atom. The minimum atomic E-state index is 0.904. The molecule has 8 aromatic carbocycles. The second-order valence-corrected chi connectivity index (χ2v) is 11.6. The Morgan fingerprint density at radius 1 is 0.289 bits per heavy atom. The molecule has 0 saturated heterocycles. The van der Waals surface area contributed by atoms with Crippen LogP contribution in [0.25, 0.3) is 88.0 Å². The van der Waals surface area contributed by atoms with Gasteiger partial charge in [0.05, 0.1) is 0 Å². The minimum absolute atomic E-state index is 0.904. The SMILES string of the molecule is c1ccc(-c2ccc3oc4cccc(-c5cccc(-c6c7ccccc7c(-c7ccccc7)c7ccccc67)c5)c4c3c2)cc1. The van der Waals surface area contributed by atoms with Gasteiger partial charge < -0.3 is 4.42 Å². The quantitative estimate of drug-likeness (QED) is 0.191. The molecular weight excluding hydrogens is 544 g/mol. The summed E-state index contributed by atoms with van der Waals surface area (Å²) in [6.07, 6.45) is 0. The van der Waals surface area contributed by atoms with Crippen LogP contribution in [-0.4, -0.2) is 0 Å². The summed E-state index contributed by atoms with van der Waals surface area (Å²) in [6, 6.07) is 60.9. The molecule has 45 heavy (non-hydrogen) atoms. The summed E-state index contributed by atoms with van der Waals surface area (Å²) in [6.45, 7) is 0. The van der Waals surface area contributed by atoms with Gasteiger partial charge in [-0.2, -0.15) is 0 Å². The molecule has 0 aliphatic carbocycles. The van der Waals surface area contributed by atoms with Crippen molar-refractivity contribution in [2.75, 3.05) is 0 Å². The molecule has 0 N–H and O–H groups in total. The predicted molar refractivity (Wildman–Crippen MR) is 190 cm³/mol. The van der Waals surface area contributed by atoms with Crippen LogP contribution in [-0.2, 0) is 0 Å². The van der Waals surface area contributed by atoms with E-state index in [1.165, 1.54) is 66.1 Å². The summed E-state index contributed by atoms with van der Waals surface area (Å²) < 4.78 is 6.39. The summed E-state index contributed by atoms with van der Waals surface area (Å²) in [4.78, 5) is 0. The monoisotopic (exact) mass is 572 g/mol. The number of rotatable bonds is 4. The highest BCUT2D eigenvalue weighted by Crippen LogP contribution is 2.45. The highest BCUT2D eigenvalue weighted by atomic mass is 16.3. The molecule has 0 aliphatic rings. The molecule has 0 atom stereocenters. The van der Waals surface area contributed by atoms with Gasteiger partial charge in [-0.3, -0.25) is 0 Å². The highest BCUT2D eigenvalue weighted by Gasteiger charge is 2.18. The van der Waals surface area contributed by atoms with Crippen LogP contribution in [0.4, 0.5) is 0 Å². The van der Waals surface area contributed by atoms with Crippen molar-refractivity contribution in [2.45, 2.75) is 0 Å². The maximum Gasteiger partial charge on any atom is 0.136 e. The first-order valence-electron chi connectivity index (χ1n) is 15.4. The van der Waals surface area contributed by atoms with Crippen molar-refractivity contribution in [3.05, 3.63) is 170 Å². The largest absolute Gasteiger partial charge is 0.456 e. The number of hydrogen-bond donors (Lipinski definition) is 0. The second-order valence-electron chi connectivity index (χ2n) is 11.6. The molecule has 210 valence electrons. The molecule has 0 aliphatic heterocycles. The molecule has 9 rings (SSSR count). The van der Waals surface area contributed by atoms with E-state index in [4.69, 9.17) is 4.42 Å². The molecule has 0 saturated carbocycles. The van der Waals surface area contributed by atoms with Gasteiger partial charge in [-0.15, -0.1) is 0 Å². The van der Waals surface area contributed by atoms with Crippen molar-refractivity contribution in [3.8, 4) is 44.5 Å². The molecule has 0 fully saturated rings. The summed E-state index contributed by atoms with van der Waals surface area (Å²) in [5.74, 6) is 0. The van der Waals surface area contributed by atoms with Crippen molar-refractivity contribution >= 4 is 43.5 Å². The van der Waals surface area contributed by atoms with Gasteiger partial charge >= 0.3 is 0 Å². The van der Waals surface area contributed by atoms with Gasteiger partial charge in [-0.25, -0.2) is 0 Å². The lowest BCUT2D eigenvalue weighted by Gasteiger charge is -2.18. The van der Waals surface area contributed by atoms with Crippen molar-refractivity contribution < 1.29 is 4.42 Å². The molecule has 0 radical (unpaired) electrons. The van der Waals surface area contributed by atoms with Gasteiger partial charge in [0.25, 0.3) is 0 Å². The molecular formula is C44H28O. The van der Waals surface area contributed by atoms with Crippen LogP contribution in [0.2, 0.25) is 0 Å². The van der Waals surface area contributed by atoms with E-state index >= 15 is 0 Å². The van der Waals surface area contributed by atoms with Gasteiger partial charge in [0.1, 0.15) is 11.2 Å². The van der Waals surface area contributed by atoms with E-state index in [9.17, 15) is 0 Å². The van der Waals surface area contributed by atoms with Crippen LogP contribution in [0.3, 0.4) is 0 Å². The lowest BCUT2D eigenvalue weighted by Crippen LogP contribution is -1.91. The lowest BCUT2D eigenvalue weighted by atomic mass is 9.85. The Kier molecular flexibility index (Phi) is 5.89. The second kappa shape index (κ2) is 10.4. The molecule has 1 heterocycles. The van der Waals surface area contributed by atoms with E-state index in [1.54, 1.807) is 0 Å². The highest BCUT2D eigenvalue weighted by molar-refractivity contribution is 6.21. The fourth-order valence-corrected chi connectivity index (χ4v) is 7.08. The van der Waals surface area contributed by atoms with Gasteiger partial charge in [0.15, 0.2) is 0 Å². The Bertz CT molecular complexity index is 2460. The minimum Gasteiger partial charge on any atom is -0.456 e. The summed E-state index contributed by atoms with van der Waals surface area (Å²) in [5, 5.41) is 7.32. The Hall–Kier alpha value is -5.92. The van der Waals surface area contributed by atoms with E-state index < -0.39 is 0 Å². The fraction of sp³-hybridized carbons (Fsp3) is 0. The Balaban J connectivity index is 1.29. The average molecular weight is 573 g/mol. The first-order chi connectivity index (χ1) is 22.3. The molecule has 0 unspecified atom stereocenters. The van der Waals surface area contributed by atoms with Crippen LogP contribution in [0.5, 0.6) is 0 Å². The van der Waals surface area contributed by atoms with Crippen molar-refractivity contribution in [1.29, 1.82) is 0 Å². The first kappa shape index (κ1) is 25.6. The normalized spacial score (nSPS) is 11.6. The molecule has 0 amide bonds. The zero-order valence-corrected chi connectivity index (χ0v) is 24.6. The molecule has 1 heteroatoms. The molecule has 1 aromatic heterocycles. The van der Waals surface area contributed by atoms with Crippen molar-refractivity contribution in [3.63, 3.8) is 0 Å². The van der Waals surface area contributed by atoms with Gasteiger partial charge in [0.2, 0.25) is 0 Å². The summed E-state index contributed by atoms with van der Waals surface area (Å²) >= 11 is 0. The average Bonchev–Trinajstić information content (AvgIpc) is 3.49. The zero-order chi connectivity index (χ0) is 29.7. The number of benzene rings is 8. The zero-order valence-electron chi connectivity index (χ0n) is 24.6. The fourth-order valence-electron chi connectivity index (χ4n) is 7.08. The first-order valence-corrected chi connectivity index (χ1v) is 15.4. The summed E-state index contributed by atoms with van der Waals surface area (Å²) in [7, 11) is 0. The van der Waals surface area contributed by atoms with Gasteiger partial charge in [-0.05, 0) is 90.3 Å². The van der Waals surface area contributed by atoms with E-state index in [0.29, 0.717) is 0 Å². The number of furan rings is 1. The van der Waals surface area contributed by atoms with E-state index in [0.717, 1.165) is 21.9 Å². The number of fused-ring (bicyclic) bond motifs is 5. The third kappa shape index (κ3) is 4.17. The maximum absolute atomic E-state index is 6.39. The lowest BCUT2D eigenvalue weighted by molar-refractivity contribution is 0.669. The summed E-state index contributed by atoms with van der Waals surface area (Å²) in [5.41, 5.74) is 11.5. The maximum atomic E-state index is 6.39. The van der Waals surface area contributed by atoms with E-state index in [-0.39, 0.29) is 0 Å². The van der Waals surface area contributed by atoms with Crippen molar-refractivity contribution in [2.24, 2.45) is 0 Å². The van der Waals surface area contributed by atoms with Crippen LogP contribution in [0, 0.1) is 0 Å².